The number of hydrogen-bond acceptors (Lipinski definition) is 4. The van der Waals surface area contributed by atoms with E-state index < -0.39 is 0 Å². The van der Waals surface area contributed by atoms with Crippen molar-refractivity contribution in [2.75, 3.05) is 0 Å². The Bertz CT molecular complexity index is 926. The summed E-state index contributed by atoms with van der Waals surface area (Å²) in [5, 5.41) is 11.4. The smallest absolute Gasteiger partial charge is 0.191 e. The van der Waals surface area contributed by atoms with Crippen LogP contribution in [-0.4, -0.2) is 14.8 Å². The maximum absolute atomic E-state index is 6.25. The van der Waals surface area contributed by atoms with Gasteiger partial charge in [0.2, 0.25) is 0 Å². The summed E-state index contributed by atoms with van der Waals surface area (Å²) in [6.45, 7) is 5.06. The van der Waals surface area contributed by atoms with Gasteiger partial charge in [0, 0.05) is 27.4 Å². The number of halogens is 3. The Balaban J connectivity index is 1.70. The summed E-state index contributed by atoms with van der Waals surface area (Å²) in [5.41, 5.74) is 1.87. The molecule has 2 aromatic carbocycles. The largest absolute Gasteiger partial charge is 0.486 e. The molecule has 0 saturated heterocycles. The van der Waals surface area contributed by atoms with Crippen LogP contribution in [0.25, 0.3) is 0 Å². The zero-order valence-corrected chi connectivity index (χ0v) is 18.0. The lowest BCUT2D eigenvalue weighted by molar-refractivity contribution is 0.288. The molecule has 0 aliphatic rings. The number of rotatable bonds is 7. The highest BCUT2D eigenvalue weighted by Gasteiger charge is 2.14. The maximum Gasteiger partial charge on any atom is 0.191 e. The Morgan fingerprint density at radius 1 is 1.04 bits per heavy atom. The number of aromatic nitrogens is 3. The fraction of sp³-hybridized carbons (Fsp3) is 0.263. The molecule has 0 amide bonds. The van der Waals surface area contributed by atoms with Crippen molar-refractivity contribution < 1.29 is 4.74 Å². The first-order valence-corrected chi connectivity index (χ1v) is 10.5. The molecule has 0 N–H and O–H groups in total. The van der Waals surface area contributed by atoms with Crippen molar-refractivity contribution in [2.45, 2.75) is 37.9 Å². The van der Waals surface area contributed by atoms with Crippen LogP contribution in [0.5, 0.6) is 5.75 Å². The monoisotopic (exact) mass is 441 g/mol. The van der Waals surface area contributed by atoms with Gasteiger partial charge in [0.1, 0.15) is 12.4 Å². The van der Waals surface area contributed by atoms with Gasteiger partial charge < -0.3 is 9.30 Å². The molecule has 0 aliphatic heterocycles. The van der Waals surface area contributed by atoms with E-state index in [2.05, 4.69) is 10.2 Å². The first-order valence-electron chi connectivity index (χ1n) is 8.36. The molecule has 4 nitrogen and oxygen atoms in total. The van der Waals surface area contributed by atoms with Gasteiger partial charge in [-0.05, 0) is 55.3 Å². The van der Waals surface area contributed by atoms with Crippen molar-refractivity contribution in [3.63, 3.8) is 0 Å². The number of hydrogen-bond donors (Lipinski definition) is 0. The predicted molar refractivity (Wildman–Crippen MR) is 112 cm³/mol. The highest BCUT2D eigenvalue weighted by molar-refractivity contribution is 7.98. The Morgan fingerprint density at radius 2 is 1.78 bits per heavy atom. The van der Waals surface area contributed by atoms with Crippen molar-refractivity contribution >= 4 is 46.6 Å². The summed E-state index contributed by atoms with van der Waals surface area (Å²) in [6, 6.07) is 11.1. The molecular formula is C19H18Cl3N3OS. The van der Waals surface area contributed by atoms with Gasteiger partial charge in [-0.1, -0.05) is 52.6 Å². The molecular weight excluding hydrogens is 425 g/mol. The highest BCUT2D eigenvalue weighted by Crippen LogP contribution is 2.31. The third-order valence-electron chi connectivity index (χ3n) is 4.01. The minimum absolute atomic E-state index is 0.329. The Labute approximate surface area is 177 Å². The van der Waals surface area contributed by atoms with Crippen molar-refractivity contribution in [3.05, 3.63) is 68.4 Å². The van der Waals surface area contributed by atoms with Gasteiger partial charge in [-0.2, -0.15) is 0 Å². The van der Waals surface area contributed by atoms with E-state index in [9.17, 15) is 0 Å². The quantitative estimate of drug-likeness (QED) is 0.395. The molecule has 0 fully saturated rings. The molecule has 8 heteroatoms. The molecule has 142 valence electrons. The number of ether oxygens (including phenoxy) is 1. The van der Waals surface area contributed by atoms with Crippen LogP contribution in [0.1, 0.15) is 23.9 Å². The zero-order chi connectivity index (χ0) is 19.4. The third kappa shape index (κ3) is 4.91. The van der Waals surface area contributed by atoms with E-state index in [1.807, 2.05) is 54.8 Å². The lowest BCUT2D eigenvalue weighted by atomic mass is 10.2. The van der Waals surface area contributed by atoms with Crippen LogP contribution in [0.15, 0.2) is 41.6 Å². The standard InChI is InChI=1S/C19H18Cl3N3OS/c1-3-25-18(10-26-13-7-8-15(20)12(2)9-13)23-24-19(25)27-11-14-16(21)5-4-6-17(14)22/h4-9H,3,10-11H2,1-2H3. The fourth-order valence-corrected chi connectivity index (χ4v) is 4.39. The minimum atomic E-state index is 0.329. The highest BCUT2D eigenvalue weighted by atomic mass is 35.5. The molecule has 27 heavy (non-hydrogen) atoms. The van der Waals surface area contributed by atoms with Gasteiger partial charge in [0.05, 0.1) is 0 Å². The van der Waals surface area contributed by atoms with Crippen LogP contribution in [0.4, 0.5) is 0 Å². The van der Waals surface area contributed by atoms with Crippen molar-refractivity contribution in [2.24, 2.45) is 0 Å². The molecule has 0 saturated carbocycles. The van der Waals surface area contributed by atoms with Crippen LogP contribution in [0.3, 0.4) is 0 Å². The lowest BCUT2D eigenvalue weighted by Crippen LogP contribution is -2.07. The molecule has 0 spiro atoms. The number of nitrogens with zero attached hydrogens (tertiary/aromatic N) is 3. The topological polar surface area (TPSA) is 39.9 Å². The molecule has 0 aliphatic carbocycles. The zero-order valence-electron chi connectivity index (χ0n) is 14.9. The summed E-state index contributed by atoms with van der Waals surface area (Å²) >= 11 is 20.1. The van der Waals surface area contributed by atoms with Crippen molar-refractivity contribution in [1.29, 1.82) is 0 Å². The molecule has 3 rings (SSSR count). The van der Waals surface area contributed by atoms with Crippen LogP contribution < -0.4 is 4.74 Å². The molecule has 3 aromatic rings. The first-order chi connectivity index (χ1) is 13.0. The third-order valence-corrected chi connectivity index (χ3v) is 6.14. The van der Waals surface area contributed by atoms with Gasteiger partial charge in [0.25, 0.3) is 0 Å². The summed E-state index contributed by atoms with van der Waals surface area (Å²) < 4.78 is 7.88. The number of benzene rings is 2. The van der Waals surface area contributed by atoms with Crippen LogP contribution in [0, 0.1) is 6.92 Å². The van der Waals surface area contributed by atoms with E-state index in [0.29, 0.717) is 22.4 Å². The van der Waals surface area contributed by atoms with E-state index in [0.717, 1.165) is 39.4 Å². The van der Waals surface area contributed by atoms with Gasteiger partial charge >= 0.3 is 0 Å². The molecule has 0 radical (unpaired) electrons. The van der Waals surface area contributed by atoms with Gasteiger partial charge in [0.15, 0.2) is 11.0 Å². The SMILES string of the molecule is CCn1c(COc2ccc(Cl)c(C)c2)nnc1SCc1c(Cl)cccc1Cl. The molecule has 1 heterocycles. The second-order valence-corrected chi connectivity index (χ2v) is 8.00. The average molecular weight is 443 g/mol. The van der Waals surface area contributed by atoms with Crippen molar-refractivity contribution in [1.82, 2.24) is 14.8 Å². The van der Waals surface area contributed by atoms with Gasteiger partial charge in [-0.25, -0.2) is 0 Å². The summed E-state index contributed by atoms with van der Waals surface area (Å²) in [4.78, 5) is 0. The van der Waals surface area contributed by atoms with E-state index in [1.165, 1.54) is 0 Å². The van der Waals surface area contributed by atoms with E-state index >= 15 is 0 Å². The fourth-order valence-electron chi connectivity index (χ4n) is 2.51. The van der Waals surface area contributed by atoms with E-state index in [1.54, 1.807) is 11.8 Å². The maximum atomic E-state index is 6.25. The first kappa shape index (κ1) is 20.3. The Hall–Kier alpha value is -1.40. The predicted octanol–water partition coefficient (Wildman–Crippen LogP) is 6.44. The average Bonchev–Trinajstić information content (AvgIpc) is 3.04. The van der Waals surface area contributed by atoms with Gasteiger partial charge in [-0.3, -0.25) is 0 Å². The van der Waals surface area contributed by atoms with E-state index in [-0.39, 0.29) is 0 Å². The number of thioether (sulfide) groups is 1. The van der Waals surface area contributed by atoms with Gasteiger partial charge in [-0.15, -0.1) is 10.2 Å². The molecule has 1 aromatic heterocycles. The second kappa shape index (κ2) is 9.20. The molecule has 0 atom stereocenters. The summed E-state index contributed by atoms with van der Waals surface area (Å²) in [5.74, 6) is 2.13. The van der Waals surface area contributed by atoms with Crippen LogP contribution >= 0.6 is 46.6 Å². The molecule has 0 bridgehead atoms. The summed E-state index contributed by atoms with van der Waals surface area (Å²) in [7, 11) is 0. The van der Waals surface area contributed by atoms with E-state index in [4.69, 9.17) is 39.5 Å². The Morgan fingerprint density at radius 3 is 2.44 bits per heavy atom. The summed E-state index contributed by atoms with van der Waals surface area (Å²) in [6.07, 6.45) is 0. The lowest BCUT2D eigenvalue weighted by Gasteiger charge is -2.10. The molecule has 0 unspecified atom stereocenters. The normalized spacial score (nSPS) is 11.0. The van der Waals surface area contributed by atoms with Crippen LogP contribution in [0.2, 0.25) is 15.1 Å². The van der Waals surface area contributed by atoms with Crippen molar-refractivity contribution in [3.8, 4) is 5.75 Å². The van der Waals surface area contributed by atoms with Crippen LogP contribution in [-0.2, 0) is 18.9 Å². The number of aryl methyl sites for hydroxylation is 1. The second-order valence-electron chi connectivity index (χ2n) is 5.83. The minimum Gasteiger partial charge on any atom is -0.486 e. The Kier molecular flexibility index (Phi) is 6.93.